The van der Waals surface area contributed by atoms with Crippen LogP contribution >= 0.6 is 34.8 Å². The highest BCUT2D eigenvalue weighted by Crippen LogP contribution is 2.36. The zero-order valence-corrected chi connectivity index (χ0v) is 27.0. The number of para-hydroxylation sites is 2. The summed E-state index contributed by atoms with van der Waals surface area (Å²) in [6.45, 7) is 8.26. The summed E-state index contributed by atoms with van der Waals surface area (Å²) < 4.78 is 11.9. The van der Waals surface area contributed by atoms with Crippen LogP contribution < -0.4 is 5.46 Å². The van der Waals surface area contributed by atoms with Gasteiger partial charge in [-0.05, 0) is 74.6 Å². The maximum atomic E-state index is 5.95. The molecule has 0 amide bonds. The molecule has 0 radical (unpaired) electrons. The normalized spacial score (nSPS) is 14.8. The molecule has 0 atom stereocenters. The SMILES string of the molecule is CC1(C)OB(c2ccccc2)OC1(C)C.Clc1nc(-c2ccccc2)c2ccccc2n1.Clc1nc(Cl)c2ccccc2n1. The van der Waals surface area contributed by atoms with Gasteiger partial charge in [-0.2, -0.15) is 0 Å². The van der Waals surface area contributed by atoms with Crippen molar-refractivity contribution in [1.82, 2.24) is 19.9 Å². The lowest BCUT2D eigenvalue weighted by Crippen LogP contribution is -2.41. The maximum Gasteiger partial charge on any atom is 0.494 e. The van der Waals surface area contributed by atoms with Crippen molar-refractivity contribution in [2.24, 2.45) is 0 Å². The minimum Gasteiger partial charge on any atom is -0.399 e. The fourth-order valence-electron chi connectivity index (χ4n) is 4.46. The fourth-order valence-corrected chi connectivity index (χ4v) is 5.10. The Morgan fingerprint density at radius 2 is 0.977 bits per heavy atom. The van der Waals surface area contributed by atoms with Crippen molar-refractivity contribution in [3.63, 3.8) is 0 Å². The van der Waals surface area contributed by atoms with Gasteiger partial charge in [-0.15, -0.1) is 0 Å². The fraction of sp³-hybridized carbons (Fsp3) is 0.176. The van der Waals surface area contributed by atoms with Crippen LogP contribution in [0.4, 0.5) is 0 Å². The Morgan fingerprint density at radius 1 is 0.523 bits per heavy atom. The van der Waals surface area contributed by atoms with E-state index in [4.69, 9.17) is 44.1 Å². The van der Waals surface area contributed by atoms with Gasteiger partial charge in [0.15, 0.2) is 0 Å². The standard InChI is InChI=1S/C14H9ClN2.C12H17BO2.C8H4Cl2N2/c15-14-16-12-9-5-4-8-11(12)13(17-14)10-6-2-1-3-7-10;1-11(2)12(3,4)15-13(14-11)10-8-6-5-7-9-10;9-7-5-3-1-2-4-6(5)11-8(10)12-7/h1-9H;5-9H,1-4H3;1-4H. The lowest BCUT2D eigenvalue weighted by molar-refractivity contribution is 0.00578. The van der Waals surface area contributed by atoms with Gasteiger partial charge in [-0.25, -0.2) is 19.9 Å². The maximum absolute atomic E-state index is 5.95. The molecule has 2 aromatic heterocycles. The van der Waals surface area contributed by atoms with Crippen molar-refractivity contribution in [3.8, 4) is 11.3 Å². The van der Waals surface area contributed by atoms with Crippen LogP contribution in [-0.4, -0.2) is 38.3 Å². The van der Waals surface area contributed by atoms with E-state index in [9.17, 15) is 0 Å². The van der Waals surface area contributed by atoms with Crippen molar-refractivity contribution in [2.75, 3.05) is 0 Å². The summed E-state index contributed by atoms with van der Waals surface area (Å²) >= 11 is 17.4. The minimum atomic E-state index is -0.256. The highest BCUT2D eigenvalue weighted by Gasteiger charge is 2.51. The van der Waals surface area contributed by atoms with Crippen LogP contribution in [0, 0.1) is 0 Å². The second-order valence-corrected chi connectivity index (χ2v) is 12.1. The van der Waals surface area contributed by atoms with Crippen molar-refractivity contribution < 1.29 is 9.31 Å². The molecule has 1 aliphatic heterocycles. The van der Waals surface area contributed by atoms with E-state index in [1.807, 2.05) is 109 Å². The number of benzene rings is 4. The first kappa shape index (κ1) is 31.8. The quantitative estimate of drug-likeness (QED) is 0.107. The average Bonchev–Trinajstić information content (AvgIpc) is 3.24. The lowest BCUT2D eigenvalue weighted by Gasteiger charge is -2.32. The molecular formula is C34H30BCl3N4O2. The zero-order valence-electron chi connectivity index (χ0n) is 24.7. The first-order valence-electron chi connectivity index (χ1n) is 14.0. The van der Waals surface area contributed by atoms with Gasteiger partial charge >= 0.3 is 7.12 Å². The Balaban J connectivity index is 0.000000133. The minimum absolute atomic E-state index is 0.179. The number of hydrogen-bond donors (Lipinski definition) is 0. The number of aromatic nitrogens is 4. The van der Waals surface area contributed by atoms with Crippen LogP contribution in [0.15, 0.2) is 109 Å². The monoisotopic (exact) mass is 642 g/mol. The van der Waals surface area contributed by atoms with Crippen molar-refractivity contribution in [3.05, 3.63) is 125 Å². The van der Waals surface area contributed by atoms with Crippen molar-refractivity contribution in [1.29, 1.82) is 0 Å². The Hall–Kier alpha value is -3.59. The van der Waals surface area contributed by atoms with Gasteiger partial charge in [0.05, 0.1) is 27.9 Å². The first-order chi connectivity index (χ1) is 21.0. The highest BCUT2D eigenvalue weighted by molar-refractivity contribution is 6.62. The molecule has 0 unspecified atom stereocenters. The molecule has 6 aromatic rings. The third kappa shape index (κ3) is 7.37. The van der Waals surface area contributed by atoms with Gasteiger partial charge in [0.25, 0.3) is 0 Å². The molecular weight excluding hydrogens is 614 g/mol. The van der Waals surface area contributed by atoms with E-state index in [0.29, 0.717) is 5.15 Å². The third-order valence-electron chi connectivity index (χ3n) is 7.48. The van der Waals surface area contributed by atoms with Crippen molar-refractivity contribution >= 4 is 69.2 Å². The molecule has 222 valence electrons. The van der Waals surface area contributed by atoms with Crippen LogP contribution in [0.5, 0.6) is 0 Å². The Bertz CT molecular complexity index is 1860. The third-order valence-corrected chi connectivity index (χ3v) is 8.10. The predicted octanol–water partition coefficient (Wildman–Crippen LogP) is 8.87. The topological polar surface area (TPSA) is 70.0 Å². The van der Waals surface area contributed by atoms with Crippen LogP contribution in [0.1, 0.15) is 27.7 Å². The van der Waals surface area contributed by atoms with Crippen LogP contribution in [-0.2, 0) is 9.31 Å². The molecule has 0 aliphatic carbocycles. The van der Waals surface area contributed by atoms with E-state index in [0.717, 1.165) is 38.5 Å². The number of hydrogen-bond acceptors (Lipinski definition) is 6. The summed E-state index contributed by atoms with van der Waals surface area (Å²) in [6.07, 6.45) is 0. The summed E-state index contributed by atoms with van der Waals surface area (Å²) in [5.41, 5.74) is 4.13. The Kier molecular flexibility index (Phi) is 9.83. The summed E-state index contributed by atoms with van der Waals surface area (Å²) in [5.74, 6) is 0. The van der Waals surface area contributed by atoms with Crippen LogP contribution in [0.3, 0.4) is 0 Å². The second-order valence-electron chi connectivity index (χ2n) is 11.0. The number of rotatable bonds is 2. The summed E-state index contributed by atoms with van der Waals surface area (Å²) in [6, 6.07) is 35.4. The van der Waals surface area contributed by atoms with E-state index in [1.165, 1.54) is 0 Å². The average molecular weight is 644 g/mol. The number of halogens is 3. The predicted molar refractivity (Wildman–Crippen MR) is 182 cm³/mol. The molecule has 1 fully saturated rings. The van der Waals surface area contributed by atoms with E-state index < -0.39 is 0 Å². The van der Waals surface area contributed by atoms with E-state index in [-0.39, 0.29) is 28.9 Å². The van der Waals surface area contributed by atoms with Gasteiger partial charge < -0.3 is 9.31 Å². The molecule has 10 heteroatoms. The summed E-state index contributed by atoms with van der Waals surface area (Å²) in [4.78, 5) is 16.4. The van der Waals surface area contributed by atoms with Crippen LogP contribution in [0.25, 0.3) is 33.1 Å². The van der Waals surface area contributed by atoms with Gasteiger partial charge in [0.1, 0.15) is 5.15 Å². The number of fused-ring (bicyclic) bond motifs is 2. The Morgan fingerprint density at radius 3 is 1.57 bits per heavy atom. The molecule has 7 rings (SSSR count). The molecule has 6 nitrogen and oxygen atoms in total. The van der Waals surface area contributed by atoms with Gasteiger partial charge in [0, 0.05) is 16.3 Å². The molecule has 0 N–H and O–H groups in total. The molecule has 4 aromatic carbocycles. The summed E-state index contributed by atoms with van der Waals surface area (Å²) in [7, 11) is -0.240. The van der Waals surface area contributed by atoms with Gasteiger partial charge in [-0.3, -0.25) is 0 Å². The largest absolute Gasteiger partial charge is 0.494 e. The van der Waals surface area contributed by atoms with Gasteiger partial charge in [-0.1, -0.05) is 103 Å². The summed E-state index contributed by atoms with van der Waals surface area (Å²) in [5, 5.41) is 2.69. The van der Waals surface area contributed by atoms with Crippen molar-refractivity contribution in [2.45, 2.75) is 38.9 Å². The highest BCUT2D eigenvalue weighted by atomic mass is 35.5. The zero-order chi connectivity index (χ0) is 31.3. The number of nitrogens with zero attached hydrogens (tertiary/aromatic N) is 4. The molecule has 1 aliphatic rings. The molecule has 0 saturated carbocycles. The van der Waals surface area contributed by atoms with E-state index in [2.05, 4.69) is 47.6 Å². The van der Waals surface area contributed by atoms with E-state index in [1.54, 1.807) is 0 Å². The smallest absolute Gasteiger partial charge is 0.399 e. The first-order valence-corrected chi connectivity index (χ1v) is 15.1. The molecule has 3 heterocycles. The molecule has 44 heavy (non-hydrogen) atoms. The molecule has 0 bridgehead atoms. The van der Waals surface area contributed by atoms with Gasteiger partial charge in [0.2, 0.25) is 10.6 Å². The second kappa shape index (κ2) is 13.6. The lowest BCUT2D eigenvalue weighted by atomic mass is 9.79. The molecule has 1 saturated heterocycles. The Labute approximate surface area is 272 Å². The molecule has 0 spiro atoms. The van der Waals surface area contributed by atoms with E-state index >= 15 is 0 Å². The van der Waals surface area contributed by atoms with Crippen LogP contribution in [0.2, 0.25) is 15.7 Å².